The average molecular weight is 311 g/mol. The van der Waals surface area contributed by atoms with Crippen molar-refractivity contribution in [3.05, 3.63) is 83.3 Å². The van der Waals surface area contributed by atoms with Gasteiger partial charge in [-0.1, -0.05) is 12.1 Å². The van der Waals surface area contributed by atoms with Gasteiger partial charge in [-0.2, -0.15) is 0 Å². The molecular formula is C18H14FNO3. The van der Waals surface area contributed by atoms with Crippen molar-refractivity contribution in [2.24, 2.45) is 0 Å². The fourth-order valence-corrected chi connectivity index (χ4v) is 2.28. The number of aromatic nitrogens is 1. The molecule has 0 saturated heterocycles. The molecule has 0 aliphatic rings. The van der Waals surface area contributed by atoms with Crippen molar-refractivity contribution in [3.8, 4) is 0 Å². The zero-order valence-corrected chi connectivity index (χ0v) is 12.2. The van der Waals surface area contributed by atoms with Crippen LogP contribution in [0.3, 0.4) is 0 Å². The Hall–Kier alpha value is -2.95. The Morgan fingerprint density at radius 1 is 1.00 bits per heavy atom. The summed E-state index contributed by atoms with van der Waals surface area (Å²) < 4.78 is 18.4. The number of H-pyrrole nitrogens is 1. The lowest BCUT2D eigenvalue weighted by molar-refractivity contribution is -0.114. The third kappa shape index (κ3) is 3.63. The number of hydrogen-bond acceptors (Lipinski definition) is 3. The molecule has 0 atom stereocenters. The molecule has 0 radical (unpaired) electrons. The maximum atomic E-state index is 12.9. The minimum atomic E-state index is -0.563. The van der Waals surface area contributed by atoms with Gasteiger partial charge in [-0.15, -0.1) is 0 Å². The first-order chi connectivity index (χ1) is 11.1. The summed E-state index contributed by atoms with van der Waals surface area (Å²) in [5, 5.41) is 0. The van der Waals surface area contributed by atoms with Crippen LogP contribution in [0.2, 0.25) is 0 Å². The third-order valence-electron chi connectivity index (χ3n) is 3.44. The van der Waals surface area contributed by atoms with E-state index in [0.29, 0.717) is 17.9 Å². The summed E-state index contributed by atoms with van der Waals surface area (Å²) in [6.07, 6.45) is 2.01. The van der Waals surface area contributed by atoms with Crippen LogP contribution in [0.1, 0.15) is 27.6 Å². The van der Waals surface area contributed by atoms with Crippen LogP contribution in [0.15, 0.2) is 59.1 Å². The highest BCUT2D eigenvalue weighted by molar-refractivity contribution is 6.43. The molecule has 0 aliphatic carbocycles. The quantitative estimate of drug-likeness (QED) is 0.561. The molecule has 2 heterocycles. The second kappa shape index (κ2) is 6.44. The van der Waals surface area contributed by atoms with Gasteiger partial charge in [-0.25, -0.2) is 4.39 Å². The van der Waals surface area contributed by atoms with Gasteiger partial charge < -0.3 is 9.40 Å². The van der Waals surface area contributed by atoms with E-state index >= 15 is 0 Å². The molecule has 5 heteroatoms. The number of ketones is 2. The van der Waals surface area contributed by atoms with Gasteiger partial charge in [-0.3, -0.25) is 9.59 Å². The predicted molar refractivity (Wildman–Crippen MR) is 81.7 cm³/mol. The normalized spacial score (nSPS) is 10.7. The number of benzene rings is 1. The molecule has 116 valence electrons. The van der Waals surface area contributed by atoms with Crippen molar-refractivity contribution in [1.29, 1.82) is 0 Å². The van der Waals surface area contributed by atoms with Crippen molar-refractivity contribution in [1.82, 2.24) is 4.98 Å². The van der Waals surface area contributed by atoms with Crippen LogP contribution < -0.4 is 0 Å². The van der Waals surface area contributed by atoms with Gasteiger partial charge in [-0.05, 0) is 42.0 Å². The van der Waals surface area contributed by atoms with Crippen molar-refractivity contribution in [2.45, 2.75) is 12.8 Å². The van der Waals surface area contributed by atoms with Gasteiger partial charge in [0, 0.05) is 12.6 Å². The van der Waals surface area contributed by atoms with Gasteiger partial charge in [0.05, 0.1) is 12.1 Å². The number of furan rings is 1. The van der Waals surface area contributed by atoms with Crippen molar-refractivity contribution < 1.29 is 18.4 Å². The molecule has 0 fully saturated rings. The van der Waals surface area contributed by atoms with E-state index in [1.807, 2.05) is 0 Å². The van der Waals surface area contributed by atoms with Crippen LogP contribution in [0.5, 0.6) is 0 Å². The molecule has 0 bridgehead atoms. The second-order valence-electron chi connectivity index (χ2n) is 5.18. The Morgan fingerprint density at radius 3 is 2.43 bits per heavy atom. The minimum Gasteiger partial charge on any atom is -0.465 e. The van der Waals surface area contributed by atoms with E-state index < -0.39 is 11.6 Å². The fourth-order valence-electron chi connectivity index (χ4n) is 2.28. The summed E-state index contributed by atoms with van der Waals surface area (Å²) in [7, 11) is 0. The number of rotatable bonds is 6. The zero-order chi connectivity index (χ0) is 16.2. The van der Waals surface area contributed by atoms with Crippen molar-refractivity contribution in [2.75, 3.05) is 0 Å². The molecular weight excluding hydrogens is 297 g/mol. The van der Waals surface area contributed by atoms with E-state index in [1.54, 1.807) is 42.6 Å². The van der Waals surface area contributed by atoms with Crippen LogP contribution >= 0.6 is 0 Å². The highest BCUT2D eigenvalue weighted by Crippen LogP contribution is 2.15. The first-order valence-corrected chi connectivity index (χ1v) is 7.15. The number of nitrogens with one attached hydrogen (secondary N) is 1. The Labute approximate surface area is 131 Å². The Balaban J connectivity index is 1.64. The van der Waals surface area contributed by atoms with E-state index in [0.717, 1.165) is 5.56 Å². The molecule has 0 spiro atoms. The summed E-state index contributed by atoms with van der Waals surface area (Å²) in [5.74, 6) is -0.289. The van der Waals surface area contributed by atoms with E-state index in [1.165, 1.54) is 12.1 Å². The van der Waals surface area contributed by atoms with Crippen molar-refractivity contribution >= 4 is 11.6 Å². The predicted octanol–water partition coefficient (Wildman–Crippen LogP) is 3.33. The Morgan fingerprint density at radius 2 is 1.74 bits per heavy atom. The smallest absolute Gasteiger partial charge is 0.245 e. The van der Waals surface area contributed by atoms with Crippen LogP contribution in [-0.4, -0.2) is 16.6 Å². The topological polar surface area (TPSA) is 63.1 Å². The number of carbonyl (C=O) groups excluding carboxylic acids is 2. The van der Waals surface area contributed by atoms with Crippen LogP contribution in [0, 0.1) is 5.82 Å². The van der Waals surface area contributed by atoms with Crippen LogP contribution in [0.25, 0.3) is 0 Å². The molecule has 1 aromatic carbocycles. The van der Waals surface area contributed by atoms with Crippen LogP contribution in [0.4, 0.5) is 4.39 Å². The number of hydrogen-bond donors (Lipinski definition) is 1. The van der Waals surface area contributed by atoms with E-state index in [9.17, 15) is 14.0 Å². The molecule has 1 N–H and O–H groups in total. The number of Topliss-reactive ketones (excluding diaryl/α,β-unsaturated/α-hetero) is 2. The zero-order valence-electron chi connectivity index (χ0n) is 12.2. The lowest BCUT2D eigenvalue weighted by Gasteiger charge is -1.99. The van der Waals surface area contributed by atoms with E-state index in [-0.39, 0.29) is 17.9 Å². The molecule has 3 rings (SSSR count). The SMILES string of the molecule is O=C(Cc1ccc(Cc2ccc(F)cc2)o1)C(=O)c1ccc[nH]1. The number of carbonyl (C=O) groups is 2. The molecule has 0 amide bonds. The van der Waals surface area contributed by atoms with Gasteiger partial charge in [0.2, 0.25) is 11.6 Å². The molecule has 3 aromatic rings. The van der Waals surface area contributed by atoms with Gasteiger partial charge in [0.25, 0.3) is 0 Å². The summed E-state index contributed by atoms with van der Waals surface area (Å²) in [4.78, 5) is 26.5. The third-order valence-corrected chi connectivity index (χ3v) is 3.44. The van der Waals surface area contributed by atoms with Gasteiger partial charge in [0.15, 0.2) is 0 Å². The largest absolute Gasteiger partial charge is 0.465 e. The monoisotopic (exact) mass is 311 g/mol. The van der Waals surface area contributed by atoms with E-state index in [4.69, 9.17) is 4.42 Å². The first kappa shape index (κ1) is 15.0. The molecule has 0 aliphatic heterocycles. The highest BCUT2D eigenvalue weighted by Gasteiger charge is 2.19. The molecule has 23 heavy (non-hydrogen) atoms. The molecule has 4 nitrogen and oxygen atoms in total. The summed E-state index contributed by atoms with van der Waals surface area (Å²) in [6, 6.07) is 12.8. The minimum absolute atomic E-state index is 0.0821. The van der Waals surface area contributed by atoms with Crippen molar-refractivity contribution in [3.63, 3.8) is 0 Å². The Kier molecular flexibility index (Phi) is 4.19. The standard InChI is InChI=1S/C18H14FNO3/c19-13-5-3-12(4-6-13)10-14-7-8-15(23-14)11-17(21)18(22)16-2-1-9-20-16/h1-9,20H,10-11H2. The average Bonchev–Trinajstić information content (AvgIpc) is 3.21. The summed E-state index contributed by atoms with van der Waals surface area (Å²) >= 11 is 0. The Bertz CT molecular complexity index is 816. The number of halogens is 1. The fraction of sp³-hybridized carbons (Fsp3) is 0.111. The lowest BCUT2D eigenvalue weighted by atomic mass is 10.1. The molecule has 2 aromatic heterocycles. The van der Waals surface area contributed by atoms with Gasteiger partial charge in [0.1, 0.15) is 17.3 Å². The summed E-state index contributed by atoms with van der Waals surface area (Å²) in [6.45, 7) is 0. The maximum Gasteiger partial charge on any atom is 0.245 e. The van der Waals surface area contributed by atoms with E-state index in [2.05, 4.69) is 4.98 Å². The lowest BCUT2D eigenvalue weighted by Crippen LogP contribution is -2.16. The summed E-state index contributed by atoms with van der Waals surface area (Å²) in [5.41, 5.74) is 1.18. The molecule has 0 saturated carbocycles. The first-order valence-electron chi connectivity index (χ1n) is 7.15. The number of aromatic amines is 1. The van der Waals surface area contributed by atoms with Crippen LogP contribution in [-0.2, 0) is 17.6 Å². The highest BCUT2D eigenvalue weighted by atomic mass is 19.1. The van der Waals surface area contributed by atoms with Gasteiger partial charge >= 0.3 is 0 Å². The molecule has 0 unspecified atom stereocenters. The second-order valence-corrected chi connectivity index (χ2v) is 5.18. The maximum absolute atomic E-state index is 12.9.